The summed E-state index contributed by atoms with van der Waals surface area (Å²) < 4.78 is 5.46. The van der Waals surface area contributed by atoms with Gasteiger partial charge in [0.25, 0.3) is 0 Å². The van der Waals surface area contributed by atoms with E-state index in [1.807, 2.05) is 0 Å². The van der Waals surface area contributed by atoms with E-state index in [-0.39, 0.29) is 0 Å². The van der Waals surface area contributed by atoms with Crippen LogP contribution in [0.15, 0.2) is 0 Å². The molecule has 0 unspecified atom stereocenters. The maximum absolute atomic E-state index is 5.46. The summed E-state index contributed by atoms with van der Waals surface area (Å²) in [5.41, 5.74) is 0. The van der Waals surface area contributed by atoms with Crippen molar-refractivity contribution in [3.8, 4) is 0 Å². The topological polar surface area (TPSA) is 9.23 Å². The standard InChI is InChI=1S/C8H16O/c1-6-4-5-9-8(3)7(6)2/h6-8H,4-5H2,1-3H3/t6-,7+,8-/m1/s1. The van der Waals surface area contributed by atoms with Crippen LogP contribution < -0.4 is 0 Å². The van der Waals surface area contributed by atoms with E-state index in [2.05, 4.69) is 20.8 Å². The molecular formula is C8H16O. The Bertz CT molecular complexity index is 80.6. The maximum atomic E-state index is 5.46. The van der Waals surface area contributed by atoms with Crippen molar-refractivity contribution in [2.45, 2.75) is 33.3 Å². The van der Waals surface area contributed by atoms with Crippen LogP contribution in [0.25, 0.3) is 0 Å². The summed E-state index contributed by atoms with van der Waals surface area (Å²) >= 11 is 0. The largest absolute Gasteiger partial charge is 0.378 e. The van der Waals surface area contributed by atoms with Crippen molar-refractivity contribution in [1.29, 1.82) is 0 Å². The van der Waals surface area contributed by atoms with Gasteiger partial charge in [-0.15, -0.1) is 0 Å². The SMILES string of the molecule is C[C@H]1[C@H](C)CCO[C@@H]1C. The van der Waals surface area contributed by atoms with E-state index in [1.54, 1.807) is 0 Å². The van der Waals surface area contributed by atoms with E-state index in [0.717, 1.165) is 18.4 Å². The zero-order valence-electron chi connectivity index (χ0n) is 6.55. The highest BCUT2D eigenvalue weighted by Gasteiger charge is 2.23. The average Bonchev–Trinajstić information content (AvgIpc) is 1.83. The first-order valence-electron chi connectivity index (χ1n) is 3.83. The van der Waals surface area contributed by atoms with Crippen molar-refractivity contribution in [3.05, 3.63) is 0 Å². The van der Waals surface area contributed by atoms with E-state index >= 15 is 0 Å². The molecule has 0 saturated carbocycles. The summed E-state index contributed by atoms with van der Waals surface area (Å²) in [6.07, 6.45) is 1.72. The molecule has 1 aliphatic heterocycles. The molecule has 0 aromatic heterocycles. The van der Waals surface area contributed by atoms with Gasteiger partial charge < -0.3 is 4.74 Å². The molecule has 0 aromatic carbocycles. The minimum atomic E-state index is 0.480. The van der Waals surface area contributed by atoms with Gasteiger partial charge in [0.15, 0.2) is 0 Å². The molecule has 1 nitrogen and oxygen atoms in total. The quantitative estimate of drug-likeness (QED) is 0.485. The second-order valence-corrected chi connectivity index (χ2v) is 3.20. The van der Waals surface area contributed by atoms with E-state index in [0.29, 0.717) is 6.10 Å². The minimum Gasteiger partial charge on any atom is -0.378 e. The second-order valence-electron chi connectivity index (χ2n) is 3.20. The Morgan fingerprint density at radius 2 is 1.89 bits per heavy atom. The third-order valence-corrected chi connectivity index (χ3v) is 2.59. The van der Waals surface area contributed by atoms with Crippen LogP contribution in [0.2, 0.25) is 0 Å². The predicted octanol–water partition coefficient (Wildman–Crippen LogP) is 2.07. The summed E-state index contributed by atoms with van der Waals surface area (Å²) in [6.45, 7) is 7.71. The molecule has 0 bridgehead atoms. The summed E-state index contributed by atoms with van der Waals surface area (Å²) in [4.78, 5) is 0. The Hall–Kier alpha value is -0.0400. The van der Waals surface area contributed by atoms with Crippen LogP contribution in [0.5, 0.6) is 0 Å². The first-order chi connectivity index (χ1) is 4.22. The fourth-order valence-electron chi connectivity index (χ4n) is 1.32. The van der Waals surface area contributed by atoms with Crippen LogP contribution in [0.3, 0.4) is 0 Å². The van der Waals surface area contributed by atoms with E-state index in [1.165, 1.54) is 6.42 Å². The van der Waals surface area contributed by atoms with Gasteiger partial charge in [0.2, 0.25) is 0 Å². The van der Waals surface area contributed by atoms with Gasteiger partial charge in [0.1, 0.15) is 0 Å². The molecule has 1 heteroatoms. The van der Waals surface area contributed by atoms with Crippen molar-refractivity contribution in [2.24, 2.45) is 11.8 Å². The zero-order valence-corrected chi connectivity index (χ0v) is 6.55. The monoisotopic (exact) mass is 128 g/mol. The highest BCUT2D eigenvalue weighted by molar-refractivity contribution is 4.72. The molecule has 54 valence electrons. The molecule has 1 fully saturated rings. The number of rotatable bonds is 0. The first kappa shape index (κ1) is 7.07. The van der Waals surface area contributed by atoms with Crippen molar-refractivity contribution in [2.75, 3.05) is 6.61 Å². The molecule has 9 heavy (non-hydrogen) atoms. The van der Waals surface area contributed by atoms with Crippen LogP contribution >= 0.6 is 0 Å². The van der Waals surface area contributed by atoms with Gasteiger partial charge in [-0.2, -0.15) is 0 Å². The van der Waals surface area contributed by atoms with Gasteiger partial charge in [0, 0.05) is 6.61 Å². The smallest absolute Gasteiger partial charge is 0.0575 e. The molecule has 1 saturated heterocycles. The second kappa shape index (κ2) is 2.70. The Labute approximate surface area is 57.4 Å². The lowest BCUT2D eigenvalue weighted by atomic mass is 9.87. The summed E-state index contributed by atoms with van der Waals surface area (Å²) in [5, 5.41) is 0. The average molecular weight is 128 g/mol. The first-order valence-corrected chi connectivity index (χ1v) is 3.83. The van der Waals surface area contributed by atoms with Crippen molar-refractivity contribution in [3.63, 3.8) is 0 Å². The number of ether oxygens (including phenoxy) is 1. The van der Waals surface area contributed by atoms with Gasteiger partial charge in [-0.25, -0.2) is 0 Å². The number of hydrogen-bond donors (Lipinski definition) is 0. The van der Waals surface area contributed by atoms with Crippen LogP contribution in [-0.2, 0) is 4.74 Å². The van der Waals surface area contributed by atoms with Crippen molar-refractivity contribution < 1.29 is 4.74 Å². The molecule has 0 N–H and O–H groups in total. The molecule has 1 aliphatic rings. The lowest BCUT2D eigenvalue weighted by Crippen LogP contribution is -2.30. The Morgan fingerprint density at radius 3 is 2.33 bits per heavy atom. The summed E-state index contributed by atoms with van der Waals surface area (Å²) in [5.74, 6) is 1.60. The van der Waals surface area contributed by atoms with Gasteiger partial charge in [-0.3, -0.25) is 0 Å². The lowest BCUT2D eigenvalue weighted by molar-refractivity contribution is -0.0345. The molecular weight excluding hydrogens is 112 g/mol. The molecule has 1 rings (SSSR count). The summed E-state index contributed by atoms with van der Waals surface area (Å²) in [7, 11) is 0. The lowest BCUT2D eigenvalue weighted by Gasteiger charge is -2.31. The Balaban J connectivity index is 2.41. The normalized spacial score (nSPS) is 45.0. The number of hydrogen-bond acceptors (Lipinski definition) is 1. The third kappa shape index (κ3) is 1.45. The van der Waals surface area contributed by atoms with E-state index in [4.69, 9.17) is 4.74 Å². The maximum Gasteiger partial charge on any atom is 0.0575 e. The molecule has 0 aliphatic carbocycles. The van der Waals surface area contributed by atoms with E-state index in [9.17, 15) is 0 Å². The van der Waals surface area contributed by atoms with Crippen LogP contribution in [0.4, 0.5) is 0 Å². The molecule has 0 spiro atoms. The Kier molecular flexibility index (Phi) is 2.12. The third-order valence-electron chi connectivity index (χ3n) is 2.59. The Morgan fingerprint density at radius 1 is 1.22 bits per heavy atom. The van der Waals surface area contributed by atoms with Crippen molar-refractivity contribution >= 4 is 0 Å². The van der Waals surface area contributed by atoms with Gasteiger partial charge >= 0.3 is 0 Å². The zero-order chi connectivity index (χ0) is 6.85. The van der Waals surface area contributed by atoms with Crippen LogP contribution in [-0.4, -0.2) is 12.7 Å². The van der Waals surface area contributed by atoms with Crippen LogP contribution in [0, 0.1) is 11.8 Å². The van der Waals surface area contributed by atoms with Gasteiger partial charge in [0.05, 0.1) is 6.10 Å². The molecule has 3 atom stereocenters. The van der Waals surface area contributed by atoms with Gasteiger partial charge in [-0.1, -0.05) is 13.8 Å². The minimum absolute atomic E-state index is 0.480. The highest BCUT2D eigenvalue weighted by Crippen LogP contribution is 2.25. The van der Waals surface area contributed by atoms with Crippen molar-refractivity contribution in [1.82, 2.24) is 0 Å². The molecule has 0 amide bonds. The fraction of sp³-hybridized carbons (Fsp3) is 1.00. The predicted molar refractivity (Wildman–Crippen MR) is 38.4 cm³/mol. The highest BCUT2D eigenvalue weighted by atomic mass is 16.5. The van der Waals surface area contributed by atoms with Crippen LogP contribution in [0.1, 0.15) is 27.2 Å². The molecule has 0 aromatic rings. The fourth-order valence-corrected chi connectivity index (χ4v) is 1.32. The van der Waals surface area contributed by atoms with Gasteiger partial charge in [-0.05, 0) is 25.2 Å². The molecule has 0 radical (unpaired) electrons. The summed E-state index contributed by atoms with van der Waals surface area (Å²) in [6, 6.07) is 0. The van der Waals surface area contributed by atoms with E-state index < -0.39 is 0 Å². The molecule has 1 heterocycles.